The molecule has 142 valence electrons. The number of carbonyl (C=O) groups excluding carboxylic acids is 1. The molecule has 4 rings (SSSR count). The monoisotopic (exact) mass is 357 g/mol. The van der Waals surface area contributed by atoms with E-state index in [4.69, 9.17) is 4.74 Å². The van der Waals surface area contributed by atoms with E-state index in [0.717, 1.165) is 70.1 Å². The maximum atomic E-state index is 13.0. The fourth-order valence-corrected chi connectivity index (χ4v) is 4.83. The normalized spacial score (nSPS) is 25.9. The minimum absolute atomic E-state index is 0.204. The molecule has 3 aliphatic heterocycles. The summed E-state index contributed by atoms with van der Waals surface area (Å²) in [5.74, 6) is 1.42. The Morgan fingerprint density at radius 1 is 1.27 bits per heavy atom. The number of likely N-dealkylation sites (tertiary alicyclic amines) is 1. The molecule has 0 bridgehead atoms. The van der Waals surface area contributed by atoms with Gasteiger partial charge in [0.25, 0.3) is 5.91 Å². The molecule has 1 aromatic rings. The Balaban J connectivity index is 1.58. The van der Waals surface area contributed by atoms with E-state index < -0.39 is 0 Å². The Morgan fingerprint density at radius 2 is 2.08 bits per heavy atom. The fourth-order valence-electron chi connectivity index (χ4n) is 4.83. The minimum atomic E-state index is 0.204. The van der Waals surface area contributed by atoms with Crippen LogP contribution >= 0.6 is 0 Å². The van der Waals surface area contributed by atoms with Crippen molar-refractivity contribution in [2.45, 2.75) is 38.1 Å². The predicted octanol–water partition coefficient (Wildman–Crippen LogP) is 2.47. The molecule has 5 heteroatoms. The van der Waals surface area contributed by atoms with E-state index in [1.165, 1.54) is 11.3 Å². The van der Waals surface area contributed by atoms with Crippen LogP contribution in [0.2, 0.25) is 0 Å². The first kappa shape index (κ1) is 17.8. The maximum Gasteiger partial charge on any atom is 0.253 e. The van der Waals surface area contributed by atoms with Crippen molar-refractivity contribution in [3.8, 4) is 0 Å². The molecule has 0 aromatic heterocycles. The van der Waals surface area contributed by atoms with E-state index in [9.17, 15) is 4.79 Å². The van der Waals surface area contributed by atoms with Gasteiger partial charge in [0, 0.05) is 56.5 Å². The van der Waals surface area contributed by atoms with E-state index in [1.54, 1.807) is 7.11 Å². The van der Waals surface area contributed by atoms with Gasteiger partial charge in [0.15, 0.2) is 0 Å². The van der Waals surface area contributed by atoms with Crippen molar-refractivity contribution < 1.29 is 9.53 Å². The zero-order valence-electron chi connectivity index (χ0n) is 16.0. The third-order valence-corrected chi connectivity index (χ3v) is 6.44. The van der Waals surface area contributed by atoms with Gasteiger partial charge in [0.2, 0.25) is 0 Å². The molecule has 5 nitrogen and oxygen atoms in total. The van der Waals surface area contributed by atoms with Gasteiger partial charge in [-0.15, -0.1) is 0 Å². The standard InChI is InChI=1S/C21H31N3O2/c1-15-6-9-23(10-7-15)21(25)16-3-4-19-17(13-16)18-14-22-8-5-20(18)24(19)11-12-26-2/h3-4,13,15,18,20,22H,5-12,14H2,1-2H3. The zero-order valence-corrected chi connectivity index (χ0v) is 16.0. The molecule has 2 saturated heterocycles. The van der Waals surface area contributed by atoms with Crippen LogP contribution in [-0.4, -0.2) is 63.3 Å². The quantitative estimate of drug-likeness (QED) is 0.899. The number of hydrogen-bond acceptors (Lipinski definition) is 4. The Kier molecular flexibility index (Phi) is 5.18. The molecule has 1 aromatic carbocycles. The lowest BCUT2D eigenvalue weighted by molar-refractivity contribution is 0.0697. The lowest BCUT2D eigenvalue weighted by Crippen LogP contribution is -2.45. The van der Waals surface area contributed by atoms with Crippen molar-refractivity contribution in [2.24, 2.45) is 5.92 Å². The summed E-state index contributed by atoms with van der Waals surface area (Å²) < 4.78 is 5.33. The summed E-state index contributed by atoms with van der Waals surface area (Å²) in [4.78, 5) is 17.5. The minimum Gasteiger partial charge on any atom is -0.383 e. The third-order valence-electron chi connectivity index (χ3n) is 6.44. The first-order valence-corrected chi connectivity index (χ1v) is 10.1. The van der Waals surface area contributed by atoms with Crippen molar-refractivity contribution in [2.75, 3.05) is 51.3 Å². The molecule has 2 atom stereocenters. The van der Waals surface area contributed by atoms with Crippen LogP contribution in [0.15, 0.2) is 18.2 Å². The van der Waals surface area contributed by atoms with Crippen LogP contribution in [0.4, 0.5) is 5.69 Å². The summed E-state index contributed by atoms with van der Waals surface area (Å²) in [5.41, 5.74) is 3.50. The first-order valence-electron chi connectivity index (χ1n) is 10.1. The number of ether oxygens (including phenoxy) is 1. The number of fused-ring (bicyclic) bond motifs is 3. The van der Waals surface area contributed by atoms with Gasteiger partial charge >= 0.3 is 0 Å². The average molecular weight is 357 g/mol. The molecule has 0 spiro atoms. The van der Waals surface area contributed by atoms with Crippen LogP contribution in [-0.2, 0) is 4.74 Å². The molecule has 1 N–H and O–H groups in total. The number of methoxy groups -OCH3 is 1. The van der Waals surface area contributed by atoms with Crippen molar-refractivity contribution in [1.82, 2.24) is 10.2 Å². The van der Waals surface area contributed by atoms with E-state index in [2.05, 4.69) is 29.3 Å². The van der Waals surface area contributed by atoms with Crippen molar-refractivity contribution in [3.63, 3.8) is 0 Å². The van der Waals surface area contributed by atoms with Crippen LogP contribution < -0.4 is 10.2 Å². The summed E-state index contributed by atoms with van der Waals surface area (Å²) in [6, 6.07) is 6.91. The molecule has 0 saturated carbocycles. The summed E-state index contributed by atoms with van der Waals surface area (Å²) in [6.07, 6.45) is 3.39. The molecule has 0 radical (unpaired) electrons. The van der Waals surface area contributed by atoms with Gasteiger partial charge in [-0.1, -0.05) is 6.92 Å². The van der Waals surface area contributed by atoms with Gasteiger partial charge in [-0.25, -0.2) is 0 Å². The Morgan fingerprint density at radius 3 is 2.85 bits per heavy atom. The molecular weight excluding hydrogens is 326 g/mol. The number of hydrogen-bond donors (Lipinski definition) is 1. The van der Waals surface area contributed by atoms with Crippen LogP contribution in [0.25, 0.3) is 0 Å². The Hall–Kier alpha value is -1.59. The van der Waals surface area contributed by atoms with Crippen LogP contribution in [0.3, 0.4) is 0 Å². The van der Waals surface area contributed by atoms with Gasteiger partial charge in [-0.3, -0.25) is 4.79 Å². The van der Waals surface area contributed by atoms with Gasteiger partial charge in [-0.05, 0) is 55.5 Å². The number of piperidine rings is 2. The number of rotatable bonds is 4. The zero-order chi connectivity index (χ0) is 18.1. The van der Waals surface area contributed by atoms with Crippen LogP contribution in [0.5, 0.6) is 0 Å². The summed E-state index contributed by atoms with van der Waals surface area (Å²) >= 11 is 0. The third kappa shape index (κ3) is 3.23. The van der Waals surface area contributed by atoms with Gasteiger partial charge < -0.3 is 19.9 Å². The summed E-state index contributed by atoms with van der Waals surface area (Å²) in [6.45, 7) is 7.79. The van der Waals surface area contributed by atoms with Gasteiger partial charge in [0.05, 0.1) is 6.61 Å². The van der Waals surface area contributed by atoms with E-state index in [0.29, 0.717) is 12.0 Å². The smallest absolute Gasteiger partial charge is 0.253 e. The highest BCUT2D eigenvalue weighted by Gasteiger charge is 2.40. The Labute approximate surface area is 156 Å². The lowest BCUT2D eigenvalue weighted by atomic mass is 9.89. The summed E-state index contributed by atoms with van der Waals surface area (Å²) in [5, 5.41) is 3.54. The number of nitrogens with zero attached hydrogens (tertiary/aromatic N) is 2. The first-order chi connectivity index (χ1) is 12.7. The fraction of sp³-hybridized carbons (Fsp3) is 0.667. The largest absolute Gasteiger partial charge is 0.383 e. The van der Waals surface area contributed by atoms with E-state index in [1.807, 2.05) is 11.0 Å². The Bertz CT molecular complexity index is 655. The molecule has 2 unspecified atom stereocenters. The topological polar surface area (TPSA) is 44.8 Å². The highest BCUT2D eigenvalue weighted by atomic mass is 16.5. The van der Waals surface area contributed by atoms with Gasteiger partial charge in [0.1, 0.15) is 0 Å². The molecule has 2 fully saturated rings. The second kappa shape index (κ2) is 7.57. The molecule has 3 aliphatic rings. The van der Waals surface area contributed by atoms with E-state index in [-0.39, 0.29) is 5.91 Å². The van der Waals surface area contributed by atoms with Crippen molar-refractivity contribution in [3.05, 3.63) is 29.3 Å². The second-order valence-corrected chi connectivity index (χ2v) is 8.10. The molecule has 3 heterocycles. The van der Waals surface area contributed by atoms with E-state index >= 15 is 0 Å². The predicted molar refractivity (Wildman–Crippen MR) is 104 cm³/mol. The second-order valence-electron chi connectivity index (χ2n) is 8.10. The van der Waals surface area contributed by atoms with Crippen LogP contribution in [0, 0.1) is 5.92 Å². The molecule has 1 amide bonds. The molecule has 26 heavy (non-hydrogen) atoms. The number of carbonyl (C=O) groups is 1. The average Bonchev–Trinajstić information content (AvgIpc) is 2.99. The van der Waals surface area contributed by atoms with Crippen molar-refractivity contribution >= 4 is 11.6 Å². The lowest BCUT2D eigenvalue weighted by Gasteiger charge is -2.33. The van der Waals surface area contributed by atoms with Crippen LogP contribution in [0.1, 0.15) is 48.0 Å². The number of amides is 1. The molecular formula is C21H31N3O2. The maximum absolute atomic E-state index is 13.0. The number of benzene rings is 1. The SMILES string of the molecule is COCCN1c2ccc(C(=O)N3CCC(C)CC3)cc2C2CNCCC21. The molecule has 0 aliphatic carbocycles. The van der Waals surface area contributed by atoms with Gasteiger partial charge in [-0.2, -0.15) is 0 Å². The number of anilines is 1. The number of nitrogens with one attached hydrogen (secondary N) is 1. The highest BCUT2D eigenvalue weighted by Crippen LogP contribution is 2.43. The summed E-state index contributed by atoms with van der Waals surface area (Å²) in [7, 11) is 1.76. The van der Waals surface area contributed by atoms with Crippen molar-refractivity contribution in [1.29, 1.82) is 0 Å². The highest BCUT2D eigenvalue weighted by molar-refractivity contribution is 5.95.